The van der Waals surface area contributed by atoms with Crippen LogP contribution in [0.1, 0.15) is 29.8 Å². The number of aromatic hydroxyl groups is 1. The van der Waals surface area contributed by atoms with Crippen molar-refractivity contribution in [2.75, 3.05) is 13.1 Å². The van der Waals surface area contributed by atoms with Gasteiger partial charge in [0.05, 0.1) is 0 Å². The fraction of sp³-hybridized carbons (Fsp3) is 0.462. The number of piperidine rings is 1. The average molecular weight is 264 g/mol. The van der Waals surface area contributed by atoms with Crippen molar-refractivity contribution in [3.05, 3.63) is 24.0 Å². The number of pyridine rings is 1. The number of carbonyl (C=O) groups is 2. The van der Waals surface area contributed by atoms with E-state index >= 15 is 0 Å². The Bertz CT molecular complexity index is 481. The smallest absolute Gasteiger partial charge is 0.303 e. The summed E-state index contributed by atoms with van der Waals surface area (Å²) in [4.78, 5) is 28.3. The maximum atomic E-state index is 12.1. The van der Waals surface area contributed by atoms with Crippen LogP contribution in [0.15, 0.2) is 18.3 Å². The van der Waals surface area contributed by atoms with E-state index in [-0.39, 0.29) is 29.7 Å². The Kier molecular flexibility index (Phi) is 3.99. The van der Waals surface area contributed by atoms with E-state index < -0.39 is 5.97 Å². The number of aliphatic carboxylic acids is 1. The van der Waals surface area contributed by atoms with Gasteiger partial charge >= 0.3 is 5.97 Å². The Labute approximate surface area is 110 Å². The molecule has 0 saturated carbocycles. The standard InChI is InChI=1S/C13H16N2O4/c16-10-2-1-5-14-12(10)13(19)15-6-3-9(4-7-15)8-11(17)18/h1-2,5,9,16H,3-4,6-8H2,(H,17,18). The van der Waals surface area contributed by atoms with E-state index in [9.17, 15) is 14.7 Å². The Morgan fingerprint density at radius 1 is 1.37 bits per heavy atom. The molecule has 6 nitrogen and oxygen atoms in total. The molecule has 102 valence electrons. The maximum absolute atomic E-state index is 12.1. The van der Waals surface area contributed by atoms with Crippen LogP contribution in [0, 0.1) is 5.92 Å². The Morgan fingerprint density at radius 2 is 2.05 bits per heavy atom. The normalized spacial score (nSPS) is 16.3. The molecule has 0 bridgehead atoms. The fourth-order valence-corrected chi connectivity index (χ4v) is 2.30. The summed E-state index contributed by atoms with van der Waals surface area (Å²) in [5.74, 6) is -1.10. The van der Waals surface area contributed by atoms with Gasteiger partial charge in [-0.2, -0.15) is 0 Å². The highest BCUT2D eigenvalue weighted by Gasteiger charge is 2.26. The molecule has 2 heterocycles. The highest BCUT2D eigenvalue weighted by molar-refractivity contribution is 5.94. The predicted molar refractivity (Wildman–Crippen MR) is 66.8 cm³/mol. The minimum absolute atomic E-state index is 0.0548. The summed E-state index contributed by atoms with van der Waals surface area (Å²) >= 11 is 0. The van der Waals surface area contributed by atoms with Crippen molar-refractivity contribution in [3.8, 4) is 5.75 Å². The average Bonchev–Trinajstić information content (AvgIpc) is 2.39. The van der Waals surface area contributed by atoms with Crippen molar-refractivity contribution in [1.29, 1.82) is 0 Å². The highest BCUT2D eigenvalue weighted by Crippen LogP contribution is 2.23. The number of nitrogens with zero attached hydrogens (tertiary/aromatic N) is 2. The van der Waals surface area contributed by atoms with Crippen molar-refractivity contribution < 1.29 is 19.8 Å². The van der Waals surface area contributed by atoms with Gasteiger partial charge in [-0.15, -0.1) is 0 Å². The van der Waals surface area contributed by atoms with Gasteiger partial charge in [0.15, 0.2) is 5.69 Å². The first-order valence-electron chi connectivity index (χ1n) is 6.23. The van der Waals surface area contributed by atoms with Gasteiger partial charge in [-0.3, -0.25) is 9.59 Å². The van der Waals surface area contributed by atoms with Gasteiger partial charge in [-0.05, 0) is 30.9 Å². The second kappa shape index (κ2) is 5.69. The lowest BCUT2D eigenvalue weighted by Gasteiger charge is -2.31. The molecule has 1 aliphatic rings. The van der Waals surface area contributed by atoms with Crippen LogP contribution in [-0.4, -0.2) is 45.1 Å². The van der Waals surface area contributed by atoms with Crippen LogP contribution in [0.4, 0.5) is 0 Å². The third-order valence-electron chi connectivity index (χ3n) is 3.35. The number of carboxylic acids is 1. The number of carboxylic acid groups (broad SMARTS) is 1. The first-order chi connectivity index (χ1) is 9.08. The molecular weight excluding hydrogens is 248 g/mol. The lowest BCUT2D eigenvalue weighted by atomic mass is 9.93. The van der Waals surface area contributed by atoms with Crippen molar-refractivity contribution in [2.24, 2.45) is 5.92 Å². The molecule has 0 aromatic carbocycles. The number of hydrogen-bond donors (Lipinski definition) is 2. The zero-order chi connectivity index (χ0) is 13.8. The number of aromatic nitrogens is 1. The molecule has 1 aliphatic heterocycles. The summed E-state index contributed by atoms with van der Waals surface area (Å²) in [6.07, 6.45) is 2.96. The van der Waals surface area contributed by atoms with E-state index in [2.05, 4.69) is 4.98 Å². The van der Waals surface area contributed by atoms with E-state index in [0.717, 1.165) is 0 Å². The highest BCUT2D eigenvalue weighted by atomic mass is 16.4. The summed E-state index contributed by atoms with van der Waals surface area (Å²) in [6, 6.07) is 2.99. The van der Waals surface area contributed by atoms with Crippen molar-refractivity contribution >= 4 is 11.9 Å². The number of likely N-dealkylation sites (tertiary alicyclic amines) is 1. The van der Waals surface area contributed by atoms with Gasteiger partial charge in [0.25, 0.3) is 5.91 Å². The molecule has 1 fully saturated rings. The maximum Gasteiger partial charge on any atom is 0.303 e. The largest absolute Gasteiger partial charge is 0.505 e. The Morgan fingerprint density at radius 3 is 2.63 bits per heavy atom. The van der Waals surface area contributed by atoms with Crippen LogP contribution < -0.4 is 0 Å². The first-order valence-corrected chi connectivity index (χ1v) is 6.23. The van der Waals surface area contributed by atoms with Crippen LogP contribution in [0.3, 0.4) is 0 Å². The van der Waals surface area contributed by atoms with E-state index in [1.807, 2.05) is 0 Å². The van der Waals surface area contributed by atoms with Crippen LogP contribution in [0.2, 0.25) is 0 Å². The molecule has 19 heavy (non-hydrogen) atoms. The van der Waals surface area contributed by atoms with Crippen LogP contribution in [-0.2, 0) is 4.79 Å². The van der Waals surface area contributed by atoms with Gasteiger partial charge in [0, 0.05) is 25.7 Å². The van der Waals surface area contributed by atoms with Crippen LogP contribution in [0.25, 0.3) is 0 Å². The zero-order valence-corrected chi connectivity index (χ0v) is 10.5. The second-order valence-corrected chi connectivity index (χ2v) is 4.70. The number of amides is 1. The van der Waals surface area contributed by atoms with Gasteiger partial charge in [0.1, 0.15) is 5.75 Å². The first kappa shape index (κ1) is 13.3. The number of rotatable bonds is 3. The third kappa shape index (κ3) is 3.21. The third-order valence-corrected chi connectivity index (χ3v) is 3.35. The van der Waals surface area contributed by atoms with Gasteiger partial charge in [-0.1, -0.05) is 0 Å². The van der Waals surface area contributed by atoms with E-state index in [4.69, 9.17) is 5.11 Å². The van der Waals surface area contributed by atoms with E-state index in [1.54, 1.807) is 11.0 Å². The molecule has 1 amide bonds. The molecule has 1 aromatic heterocycles. The zero-order valence-electron chi connectivity index (χ0n) is 10.5. The molecular formula is C13H16N2O4. The Balaban J connectivity index is 1.96. The number of hydrogen-bond acceptors (Lipinski definition) is 4. The van der Waals surface area contributed by atoms with Gasteiger partial charge in [0.2, 0.25) is 0 Å². The molecule has 0 unspecified atom stereocenters. The molecule has 1 saturated heterocycles. The molecule has 0 aliphatic carbocycles. The second-order valence-electron chi connectivity index (χ2n) is 4.70. The molecule has 2 rings (SSSR count). The minimum atomic E-state index is -0.799. The molecule has 1 aromatic rings. The van der Waals surface area contributed by atoms with Crippen LogP contribution >= 0.6 is 0 Å². The summed E-state index contributed by atoms with van der Waals surface area (Å²) in [7, 11) is 0. The molecule has 0 radical (unpaired) electrons. The van der Waals surface area contributed by atoms with Crippen molar-refractivity contribution in [3.63, 3.8) is 0 Å². The van der Waals surface area contributed by atoms with Gasteiger partial charge < -0.3 is 15.1 Å². The van der Waals surface area contributed by atoms with Gasteiger partial charge in [-0.25, -0.2) is 4.98 Å². The summed E-state index contributed by atoms with van der Waals surface area (Å²) in [5, 5.41) is 18.3. The molecule has 6 heteroatoms. The topological polar surface area (TPSA) is 90.7 Å². The van der Waals surface area contributed by atoms with Crippen molar-refractivity contribution in [2.45, 2.75) is 19.3 Å². The predicted octanol–water partition coefficient (Wildman–Crippen LogP) is 1.11. The van der Waals surface area contributed by atoms with Crippen LogP contribution in [0.5, 0.6) is 5.75 Å². The van der Waals surface area contributed by atoms with Crippen molar-refractivity contribution in [1.82, 2.24) is 9.88 Å². The molecule has 0 spiro atoms. The lowest BCUT2D eigenvalue weighted by molar-refractivity contribution is -0.138. The summed E-state index contributed by atoms with van der Waals surface area (Å²) in [6.45, 7) is 1.01. The molecule has 2 N–H and O–H groups in total. The van der Waals surface area contributed by atoms with E-state index in [1.165, 1.54) is 12.3 Å². The fourth-order valence-electron chi connectivity index (χ4n) is 2.30. The Hall–Kier alpha value is -2.11. The molecule has 0 atom stereocenters. The minimum Gasteiger partial charge on any atom is -0.505 e. The lowest BCUT2D eigenvalue weighted by Crippen LogP contribution is -2.39. The van der Waals surface area contributed by atoms with E-state index in [0.29, 0.717) is 25.9 Å². The number of carbonyl (C=O) groups excluding carboxylic acids is 1. The SMILES string of the molecule is O=C(O)CC1CCN(C(=O)c2ncccc2O)CC1. The quantitative estimate of drug-likeness (QED) is 0.853. The monoisotopic (exact) mass is 264 g/mol. The summed E-state index contributed by atoms with van der Waals surface area (Å²) in [5.41, 5.74) is 0.0548. The summed E-state index contributed by atoms with van der Waals surface area (Å²) < 4.78 is 0.